The van der Waals surface area contributed by atoms with E-state index in [1.807, 2.05) is 30.3 Å². The molecule has 32 heavy (non-hydrogen) atoms. The normalized spacial score (nSPS) is 24.4. The summed E-state index contributed by atoms with van der Waals surface area (Å²) in [5, 5.41) is 2.24. The lowest BCUT2D eigenvalue weighted by atomic mass is 9.94. The minimum Gasteiger partial charge on any atom is -0.467 e. The molecule has 6 nitrogen and oxygen atoms in total. The van der Waals surface area contributed by atoms with Crippen LogP contribution in [0.25, 0.3) is 0 Å². The first-order valence-electron chi connectivity index (χ1n) is 10.1. The highest BCUT2D eigenvalue weighted by Crippen LogP contribution is 2.49. The molecule has 1 aliphatic heterocycles. The summed E-state index contributed by atoms with van der Waals surface area (Å²) in [5.41, 5.74) is 0.684. The van der Waals surface area contributed by atoms with E-state index in [1.165, 1.54) is 24.3 Å². The van der Waals surface area contributed by atoms with Gasteiger partial charge in [-0.15, -0.1) is 0 Å². The van der Waals surface area contributed by atoms with Crippen LogP contribution in [0, 0.1) is 0 Å². The van der Waals surface area contributed by atoms with Gasteiger partial charge in [0.2, 0.25) is 6.41 Å². The summed E-state index contributed by atoms with van der Waals surface area (Å²) >= 11 is 0. The smallest absolute Gasteiger partial charge is 0.448 e. The van der Waals surface area contributed by atoms with Crippen LogP contribution in [0.4, 0.5) is 13.2 Å². The molecule has 0 unspecified atom stereocenters. The molecule has 1 heterocycles. The summed E-state index contributed by atoms with van der Waals surface area (Å²) < 4.78 is 59.2. The van der Waals surface area contributed by atoms with E-state index in [9.17, 15) is 22.8 Å². The zero-order valence-corrected chi connectivity index (χ0v) is 17.4. The summed E-state index contributed by atoms with van der Waals surface area (Å²) in [6.07, 6.45) is -6.29. The fourth-order valence-corrected chi connectivity index (χ4v) is 3.80. The van der Waals surface area contributed by atoms with Gasteiger partial charge in [0.15, 0.2) is 6.04 Å². The molecule has 2 aromatic rings. The number of halogens is 3. The summed E-state index contributed by atoms with van der Waals surface area (Å²) in [4.78, 5) is 23.3. The Morgan fingerprint density at radius 3 is 2.34 bits per heavy atom. The van der Waals surface area contributed by atoms with Gasteiger partial charge in [-0.2, -0.15) is 13.2 Å². The monoisotopic (exact) mass is 451 g/mol. The highest BCUT2D eigenvalue weighted by Gasteiger charge is 2.64. The van der Waals surface area contributed by atoms with Gasteiger partial charge in [-0.1, -0.05) is 60.7 Å². The Morgan fingerprint density at radius 1 is 1.16 bits per heavy atom. The maximum Gasteiger partial charge on any atom is 0.448 e. The third-order valence-corrected chi connectivity index (χ3v) is 5.34. The van der Waals surface area contributed by atoms with E-state index in [0.29, 0.717) is 6.42 Å². The summed E-state index contributed by atoms with van der Waals surface area (Å²) in [6.45, 7) is 0. The Bertz CT molecular complexity index is 894. The largest absolute Gasteiger partial charge is 0.467 e. The third kappa shape index (κ3) is 5.11. The molecule has 0 saturated carbocycles. The number of ether oxygens (including phenoxy) is 3. The van der Waals surface area contributed by atoms with Gasteiger partial charge in [0.1, 0.15) is 0 Å². The van der Waals surface area contributed by atoms with Crippen LogP contribution in [-0.4, -0.2) is 43.9 Å². The molecule has 3 rings (SSSR count). The molecular formula is C23H24F3NO5. The van der Waals surface area contributed by atoms with Gasteiger partial charge in [0, 0.05) is 12.0 Å². The average Bonchev–Trinajstić information content (AvgIpc) is 2.81. The predicted octanol–water partition coefficient (Wildman–Crippen LogP) is 3.50. The van der Waals surface area contributed by atoms with Crippen molar-refractivity contribution < 1.29 is 37.0 Å². The van der Waals surface area contributed by atoms with Crippen molar-refractivity contribution in [1.82, 2.24) is 5.32 Å². The van der Waals surface area contributed by atoms with Crippen LogP contribution in [0.15, 0.2) is 60.7 Å². The second kappa shape index (κ2) is 10.1. The van der Waals surface area contributed by atoms with Gasteiger partial charge >= 0.3 is 12.1 Å². The van der Waals surface area contributed by atoms with Crippen molar-refractivity contribution in [3.8, 4) is 0 Å². The van der Waals surface area contributed by atoms with Crippen LogP contribution in [0.5, 0.6) is 0 Å². The quantitative estimate of drug-likeness (QED) is 0.491. The maximum atomic E-state index is 14.5. The van der Waals surface area contributed by atoms with Gasteiger partial charge in [-0.05, 0) is 18.4 Å². The molecule has 0 radical (unpaired) electrons. The highest BCUT2D eigenvalue weighted by atomic mass is 19.4. The van der Waals surface area contributed by atoms with Crippen molar-refractivity contribution in [2.75, 3.05) is 7.11 Å². The molecule has 1 aliphatic rings. The first-order chi connectivity index (χ1) is 15.3. The van der Waals surface area contributed by atoms with Crippen molar-refractivity contribution in [3.63, 3.8) is 0 Å². The number of esters is 1. The van der Waals surface area contributed by atoms with Gasteiger partial charge < -0.3 is 19.5 Å². The number of carbonyl (C=O) groups excluding carboxylic acids is 2. The Balaban J connectivity index is 1.99. The molecule has 4 atom stereocenters. The Hall–Kier alpha value is -2.91. The molecule has 1 N–H and O–H groups in total. The summed E-state index contributed by atoms with van der Waals surface area (Å²) in [7, 11) is 1.09. The van der Waals surface area contributed by atoms with E-state index in [-0.39, 0.29) is 24.8 Å². The molecule has 172 valence electrons. The van der Waals surface area contributed by atoms with E-state index >= 15 is 0 Å². The van der Waals surface area contributed by atoms with Crippen molar-refractivity contribution in [1.29, 1.82) is 0 Å². The molecule has 2 aromatic carbocycles. The van der Waals surface area contributed by atoms with Gasteiger partial charge in [0.25, 0.3) is 5.79 Å². The molecular weight excluding hydrogens is 427 g/mol. The molecule has 0 aromatic heterocycles. The molecule has 0 bridgehead atoms. The van der Waals surface area contributed by atoms with Crippen molar-refractivity contribution in [2.45, 2.75) is 49.5 Å². The second-order valence-corrected chi connectivity index (χ2v) is 7.42. The summed E-state index contributed by atoms with van der Waals surface area (Å²) in [5.74, 6) is -4.01. The van der Waals surface area contributed by atoms with Crippen LogP contribution < -0.4 is 5.32 Å². The van der Waals surface area contributed by atoms with Gasteiger partial charge in [-0.3, -0.25) is 4.79 Å². The first kappa shape index (κ1) is 23.7. The van der Waals surface area contributed by atoms with Crippen molar-refractivity contribution >= 4 is 12.4 Å². The minimum atomic E-state index is -4.96. The lowest BCUT2D eigenvalue weighted by Crippen LogP contribution is -2.60. The highest BCUT2D eigenvalue weighted by molar-refractivity contribution is 5.78. The summed E-state index contributed by atoms with van der Waals surface area (Å²) in [6, 6.07) is 14.8. The Kier molecular flexibility index (Phi) is 7.52. The number of nitrogens with one attached hydrogen (secondary N) is 1. The van der Waals surface area contributed by atoms with Crippen molar-refractivity contribution in [2.24, 2.45) is 0 Å². The third-order valence-electron chi connectivity index (χ3n) is 5.34. The SMILES string of the molecule is COC(=O)[C@H](NC=O)[C@@H]1C[C@H](CCc2ccccc2)O[C@](c2ccccc2)(C(F)(F)F)O1. The van der Waals surface area contributed by atoms with Crippen LogP contribution in [0.2, 0.25) is 0 Å². The van der Waals surface area contributed by atoms with Crippen LogP contribution >= 0.6 is 0 Å². The maximum absolute atomic E-state index is 14.5. The molecule has 1 fully saturated rings. The number of amides is 1. The number of alkyl halides is 3. The van der Waals surface area contributed by atoms with E-state index in [0.717, 1.165) is 12.7 Å². The van der Waals surface area contributed by atoms with Crippen LogP contribution in [-0.2, 0) is 36.0 Å². The fraction of sp³-hybridized carbons (Fsp3) is 0.391. The lowest BCUT2D eigenvalue weighted by Gasteiger charge is -2.46. The van der Waals surface area contributed by atoms with E-state index in [2.05, 4.69) is 10.1 Å². The van der Waals surface area contributed by atoms with E-state index < -0.39 is 36.2 Å². The standard InChI is InChI=1S/C23H24F3NO5/c1-30-21(29)20(27-15-28)19-14-18(13-12-16-8-4-2-5-9-16)31-22(32-19,23(24,25)26)17-10-6-3-7-11-17/h2-11,15,18-20H,12-14H2,1H3,(H,27,28)/t18-,19-,20+,22-/m0/s1. The molecule has 0 spiro atoms. The van der Waals surface area contributed by atoms with Crippen LogP contribution in [0.1, 0.15) is 24.0 Å². The minimum absolute atomic E-state index is 0.0435. The van der Waals surface area contributed by atoms with Crippen molar-refractivity contribution in [3.05, 3.63) is 71.8 Å². The zero-order valence-electron chi connectivity index (χ0n) is 17.4. The predicted molar refractivity (Wildman–Crippen MR) is 108 cm³/mol. The molecule has 1 saturated heterocycles. The fourth-order valence-electron chi connectivity index (χ4n) is 3.80. The number of carbonyl (C=O) groups is 2. The number of rotatable bonds is 8. The average molecular weight is 451 g/mol. The number of benzene rings is 2. The van der Waals surface area contributed by atoms with Gasteiger partial charge in [-0.25, -0.2) is 4.79 Å². The van der Waals surface area contributed by atoms with E-state index in [1.54, 1.807) is 6.07 Å². The topological polar surface area (TPSA) is 73.9 Å². The lowest BCUT2D eigenvalue weighted by molar-refractivity contribution is -0.436. The van der Waals surface area contributed by atoms with Crippen LogP contribution in [0.3, 0.4) is 0 Å². The van der Waals surface area contributed by atoms with E-state index in [4.69, 9.17) is 9.47 Å². The Morgan fingerprint density at radius 2 is 1.78 bits per heavy atom. The second-order valence-electron chi connectivity index (χ2n) is 7.42. The number of aryl methyl sites for hydroxylation is 1. The molecule has 9 heteroatoms. The number of hydrogen-bond donors (Lipinski definition) is 1. The van der Waals surface area contributed by atoms with Gasteiger partial charge in [0.05, 0.1) is 19.3 Å². The number of hydrogen-bond acceptors (Lipinski definition) is 5. The molecule has 0 aliphatic carbocycles. The zero-order chi connectivity index (χ0) is 23.2. The number of methoxy groups -OCH3 is 1. The Labute approximate surface area is 183 Å². The first-order valence-corrected chi connectivity index (χ1v) is 10.1. The molecule has 1 amide bonds.